The molecule has 0 spiro atoms. The van der Waals surface area contributed by atoms with Crippen LogP contribution in [-0.4, -0.2) is 45.2 Å². The van der Waals surface area contributed by atoms with Crippen LogP contribution in [-0.2, 0) is 32.9 Å². The molecule has 2 aromatic heterocycles. The molecule has 156 valence electrons. The number of carbonyl (C=O) groups is 1. The van der Waals surface area contributed by atoms with Crippen LogP contribution < -0.4 is 5.32 Å². The summed E-state index contributed by atoms with van der Waals surface area (Å²) in [7, 11) is 3.80. The smallest absolute Gasteiger partial charge is 0.274 e. The predicted molar refractivity (Wildman–Crippen MR) is 117 cm³/mol. The third-order valence-corrected chi connectivity index (χ3v) is 5.86. The highest BCUT2D eigenvalue weighted by molar-refractivity contribution is 5.94. The van der Waals surface area contributed by atoms with Gasteiger partial charge in [-0.1, -0.05) is 30.3 Å². The van der Waals surface area contributed by atoms with E-state index in [1.807, 2.05) is 61.5 Å². The number of benzene rings is 1. The average molecular weight is 404 g/mol. The molecule has 6 heteroatoms. The Morgan fingerprint density at radius 3 is 2.70 bits per heavy atom. The highest BCUT2D eigenvalue weighted by Gasteiger charge is 2.29. The van der Waals surface area contributed by atoms with Gasteiger partial charge in [0, 0.05) is 50.3 Å². The van der Waals surface area contributed by atoms with Gasteiger partial charge in [0.2, 0.25) is 0 Å². The van der Waals surface area contributed by atoms with Crippen molar-refractivity contribution >= 4 is 5.91 Å². The first-order valence-electron chi connectivity index (χ1n) is 10.6. The summed E-state index contributed by atoms with van der Waals surface area (Å²) < 4.78 is 1.89. The van der Waals surface area contributed by atoms with Crippen LogP contribution >= 0.6 is 0 Å². The Morgan fingerprint density at radius 2 is 1.93 bits per heavy atom. The van der Waals surface area contributed by atoms with Crippen molar-refractivity contribution < 1.29 is 4.79 Å². The standard InChI is InChI=1S/C24H29N5O/c1-28(17-19-6-4-3-5-7-19)24(30)23-21-16-20(8-9-22(21)29(2)27-23)26-15-12-18-10-13-25-14-11-18/h3-7,10-11,13-14,20,26H,8-9,12,15-17H2,1-2H3. The van der Waals surface area contributed by atoms with Crippen molar-refractivity contribution in [2.45, 2.75) is 38.3 Å². The molecular formula is C24H29N5O. The number of pyridine rings is 1. The van der Waals surface area contributed by atoms with Gasteiger partial charge < -0.3 is 10.2 Å². The minimum atomic E-state index is -0.00635. The molecule has 6 nitrogen and oxygen atoms in total. The number of fused-ring (bicyclic) bond motifs is 1. The first kappa shape index (κ1) is 20.3. The van der Waals surface area contributed by atoms with Gasteiger partial charge in [0.25, 0.3) is 5.91 Å². The number of aryl methyl sites for hydroxylation is 1. The maximum Gasteiger partial charge on any atom is 0.274 e. The molecule has 1 N–H and O–H groups in total. The van der Waals surface area contributed by atoms with Crippen molar-refractivity contribution in [3.05, 3.63) is 82.9 Å². The average Bonchev–Trinajstić information content (AvgIpc) is 3.10. The fourth-order valence-corrected chi connectivity index (χ4v) is 4.22. The van der Waals surface area contributed by atoms with Crippen LogP contribution in [0.1, 0.15) is 39.3 Å². The van der Waals surface area contributed by atoms with Crippen molar-refractivity contribution in [1.29, 1.82) is 0 Å². The van der Waals surface area contributed by atoms with E-state index < -0.39 is 0 Å². The molecule has 0 radical (unpaired) electrons. The van der Waals surface area contributed by atoms with Gasteiger partial charge in [0.15, 0.2) is 5.69 Å². The van der Waals surface area contributed by atoms with E-state index in [1.54, 1.807) is 4.90 Å². The predicted octanol–water partition coefficient (Wildman–Crippen LogP) is 2.78. The van der Waals surface area contributed by atoms with Gasteiger partial charge >= 0.3 is 0 Å². The Bertz CT molecular complexity index is 984. The monoisotopic (exact) mass is 403 g/mol. The van der Waals surface area contributed by atoms with Crippen molar-refractivity contribution in [2.75, 3.05) is 13.6 Å². The van der Waals surface area contributed by atoms with Crippen LogP contribution in [0.2, 0.25) is 0 Å². The molecule has 1 atom stereocenters. The molecule has 3 aromatic rings. The van der Waals surface area contributed by atoms with Gasteiger partial charge in [0.05, 0.1) is 0 Å². The molecule has 1 aromatic carbocycles. The topological polar surface area (TPSA) is 63.1 Å². The zero-order valence-electron chi connectivity index (χ0n) is 17.7. The summed E-state index contributed by atoms with van der Waals surface area (Å²) >= 11 is 0. The van der Waals surface area contributed by atoms with Crippen LogP contribution in [0.5, 0.6) is 0 Å². The van der Waals surface area contributed by atoms with Crippen LogP contribution in [0.3, 0.4) is 0 Å². The summed E-state index contributed by atoms with van der Waals surface area (Å²) in [5, 5.41) is 8.28. The summed E-state index contributed by atoms with van der Waals surface area (Å²) in [6, 6.07) is 14.6. The first-order chi connectivity index (χ1) is 14.6. The van der Waals surface area contributed by atoms with Gasteiger partial charge in [-0.3, -0.25) is 14.5 Å². The zero-order valence-corrected chi connectivity index (χ0v) is 17.7. The highest BCUT2D eigenvalue weighted by atomic mass is 16.2. The lowest BCUT2D eigenvalue weighted by Gasteiger charge is -2.25. The minimum Gasteiger partial charge on any atom is -0.336 e. The number of rotatable bonds is 7. The number of amides is 1. The van der Waals surface area contributed by atoms with Gasteiger partial charge in [-0.2, -0.15) is 5.10 Å². The van der Waals surface area contributed by atoms with Crippen molar-refractivity contribution in [2.24, 2.45) is 7.05 Å². The number of nitrogens with one attached hydrogen (secondary N) is 1. The highest BCUT2D eigenvalue weighted by Crippen LogP contribution is 2.25. The lowest BCUT2D eigenvalue weighted by atomic mass is 9.91. The second-order valence-electron chi connectivity index (χ2n) is 8.04. The second-order valence-corrected chi connectivity index (χ2v) is 8.04. The van der Waals surface area contributed by atoms with Crippen LogP contribution in [0.15, 0.2) is 54.9 Å². The normalized spacial score (nSPS) is 15.6. The fourth-order valence-electron chi connectivity index (χ4n) is 4.22. The Kier molecular flexibility index (Phi) is 6.23. The van der Waals surface area contributed by atoms with E-state index in [4.69, 9.17) is 0 Å². The number of hydrogen-bond acceptors (Lipinski definition) is 4. The number of carbonyl (C=O) groups excluding carboxylic acids is 1. The van der Waals surface area contributed by atoms with Crippen LogP contribution in [0.4, 0.5) is 0 Å². The summed E-state index contributed by atoms with van der Waals surface area (Å²) in [5.41, 5.74) is 5.31. The summed E-state index contributed by atoms with van der Waals surface area (Å²) in [4.78, 5) is 19.0. The summed E-state index contributed by atoms with van der Waals surface area (Å²) in [6.45, 7) is 1.50. The fraction of sp³-hybridized carbons (Fsp3) is 0.375. The van der Waals surface area contributed by atoms with Gasteiger partial charge in [-0.15, -0.1) is 0 Å². The van der Waals surface area contributed by atoms with Gasteiger partial charge in [-0.05, 0) is 55.5 Å². The van der Waals surface area contributed by atoms with E-state index in [0.717, 1.165) is 43.4 Å². The zero-order chi connectivity index (χ0) is 20.9. The van der Waals surface area contributed by atoms with Crippen LogP contribution in [0, 0.1) is 0 Å². The van der Waals surface area contributed by atoms with Crippen molar-refractivity contribution in [1.82, 2.24) is 25.0 Å². The quantitative estimate of drug-likeness (QED) is 0.659. The largest absolute Gasteiger partial charge is 0.336 e. The third kappa shape index (κ3) is 4.60. The molecule has 2 heterocycles. The maximum absolute atomic E-state index is 13.2. The number of hydrogen-bond donors (Lipinski definition) is 1. The van der Waals surface area contributed by atoms with Gasteiger partial charge in [0.1, 0.15) is 0 Å². The summed E-state index contributed by atoms with van der Waals surface area (Å²) in [6.07, 6.45) is 7.51. The molecule has 0 saturated heterocycles. The lowest BCUT2D eigenvalue weighted by Crippen LogP contribution is -2.37. The van der Waals surface area contributed by atoms with Gasteiger partial charge in [-0.25, -0.2) is 0 Å². The molecule has 0 fully saturated rings. The van der Waals surface area contributed by atoms with E-state index >= 15 is 0 Å². The Hall–Kier alpha value is -2.99. The van der Waals surface area contributed by atoms with Crippen molar-refractivity contribution in [3.8, 4) is 0 Å². The van der Waals surface area contributed by atoms with E-state index in [9.17, 15) is 4.79 Å². The molecule has 0 aliphatic heterocycles. The SMILES string of the molecule is CN(Cc1ccccc1)C(=O)c1nn(C)c2c1CC(NCCc1ccncc1)CC2. The Balaban J connectivity index is 1.41. The molecule has 0 bridgehead atoms. The minimum absolute atomic E-state index is 0.00635. The second kappa shape index (κ2) is 9.22. The van der Waals surface area contributed by atoms with E-state index in [2.05, 4.69) is 27.5 Å². The van der Waals surface area contributed by atoms with E-state index in [-0.39, 0.29) is 5.91 Å². The molecule has 1 amide bonds. The Labute approximate surface area is 177 Å². The number of nitrogens with zero attached hydrogens (tertiary/aromatic N) is 4. The summed E-state index contributed by atoms with van der Waals surface area (Å²) in [5.74, 6) is -0.00635. The van der Waals surface area contributed by atoms with Crippen molar-refractivity contribution in [3.63, 3.8) is 0 Å². The molecule has 0 saturated carbocycles. The molecule has 30 heavy (non-hydrogen) atoms. The Morgan fingerprint density at radius 1 is 1.17 bits per heavy atom. The number of aromatic nitrogens is 3. The van der Waals surface area contributed by atoms with E-state index in [0.29, 0.717) is 18.3 Å². The molecule has 1 aliphatic rings. The first-order valence-corrected chi connectivity index (χ1v) is 10.6. The molecule has 1 unspecified atom stereocenters. The lowest BCUT2D eigenvalue weighted by molar-refractivity contribution is 0.0777. The van der Waals surface area contributed by atoms with E-state index in [1.165, 1.54) is 11.3 Å². The third-order valence-electron chi connectivity index (χ3n) is 5.86. The van der Waals surface area contributed by atoms with Crippen LogP contribution in [0.25, 0.3) is 0 Å². The maximum atomic E-state index is 13.2. The molecule has 4 rings (SSSR count). The molecule has 1 aliphatic carbocycles. The molecular weight excluding hydrogens is 374 g/mol.